The molecule has 1 aliphatic heterocycles. The molecule has 6 heteroatoms. The highest BCUT2D eigenvalue weighted by molar-refractivity contribution is 5.74. The Kier molecular flexibility index (Phi) is 5.69. The molecule has 0 unspecified atom stereocenters. The molecule has 72 valence electrons. The molecule has 0 spiro atoms. The van der Waals surface area contributed by atoms with Crippen molar-refractivity contribution in [2.75, 3.05) is 0 Å². The van der Waals surface area contributed by atoms with Gasteiger partial charge in [0.25, 0.3) is 0 Å². The van der Waals surface area contributed by atoms with Crippen molar-refractivity contribution in [2.45, 2.75) is 6.42 Å². The fourth-order valence-electron chi connectivity index (χ4n) is 0.481. The van der Waals surface area contributed by atoms with Crippen molar-refractivity contribution in [1.29, 1.82) is 0 Å². The summed E-state index contributed by atoms with van der Waals surface area (Å²) >= 11 is 0. The monoisotopic (exact) mass is 187 g/mol. The largest absolute Gasteiger partial charge is 0.516 e. The zero-order chi connectivity index (χ0) is 10.1. The summed E-state index contributed by atoms with van der Waals surface area (Å²) in [5.41, 5.74) is 0. The van der Waals surface area contributed by atoms with Crippen LogP contribution in [0.4, 0.5) is 9.59 Å². The third kappa shape index (κ3) is 10.0. The van der Waals surface area contributed by atoms with Gasteiger partial charge in [-0.1, -0.05) is 12.2 Å². The molecule has 0 bridgehead atoms. The van der Waals surface area contributed by atoms with Gasteiger partial charge in [-0.2, -0.15) is 0 Å². The third-order valence-electron chi connectivity index (χ3n) is 0.875. The Bertz CT molecular complexity index is 201. The lowest BCUT2D eigenvalue weighted by molar-refractivity contribution is 0.0802. The van der Waals surface area contributed by atoms with E-state index >= 15 is 0 Å². The molecule has 6 nitrogen and oxygen atoms in total. The van der Waals surface area contributed by atoms with Crippen LogP contribution in [0.5, 0.6) is 0 Å². The van der Waals surface area contributed by atoms with Gasteiger partial charge in [0.15, 0.2) is 0 Å². The van der Waals surface area contributed by atoms with E-state index in [2.05, 4.69) is 22.2 Å². The first-order valence-corrected chi connectivity index (χ1v) is 3.32. The summed E-state index contributed by atoms with van der Waals surface area (Å²) in [5, 5.41) is 17.9. The Morgan fingerprint density at radius 1 is 1.15 bits per heavy atom. The van der Waals surface area contributed by atoms with Gasteiger partial charge >= 0.3 is 12.3 Å². The van der Waals surface area contributed by atoms with Crippen LogP contribution in [0.25, 0.3) is 0 Å². The van der Waals surface area contributed by atoms with Gasteiger partial charge in [0.05, 0.1) is 0 Å². The van der Waals surface area contributed by atoms with Crippen molar-refractivity contribution in [2.24, 2.45) is 0 Å². The van der Waals surface area contributed by atoms with Gasteiger partial charge in [-0.25, -0.2) is 9.59 Å². The molecule has 0 amide bonds. The van der Waals surface area contributed by atoms with Crippen LogP contribution < -0.4 is 5.32 Å². The van der Waals surface area contributed by atoms with Gasteiger partial charge in [0, 0.05) is 0 Å². The molecule has 0 aromatic carbocycles. The standard InChI is InChI=1S/C5H7N.C2H2O5/c1-2-4-6-5-3-1;3-1(4)7-2(5)6/h2-6H,1H2;(H,3,4)(H,5,6). The van der Waals surface area contributed by atoms with Crippen molar-refractivity contribution in [1.82, 2.24) is 5.32 Å². The van der Waals surface area contributed by atoms with E-state index in [0.717, 1.165) is 6.42 Å². The fraction of sp³-hybridized carbons (Fsp3) is 0.143. The lowest BCUT2D eigenvalue weighted by Gasteiger charge is -1.92. The fourth-order valence-corrected chi connectivity index (χ4v) is 0.481. The van der Waals surface area contributed by atoms with E-state index in [1.54, 1.807) is 0 Å². The van der Waals surface area contributed by atoms with Crippen molar-refractivity contribution >= 4 is 12.3 Å². The predicted molar refractivity (Wildman–Crippen MR) is 43.2 cm³/mol. The van der Waals surface area contributed by atoms with Crippen LogP contribution in [0.15, 0.2) is 24.6 Å². The quantitative estimate of drug-likeness (QED) is 0.391. The Balaban J connectivity index is 0.000000223. The first kappa shape index (κ1) is 11.0. The van der Waals surface area contributed by atoms with Crippen molar-refractivity contribution in [3.63, 3.8) is 0 Å². The van der Waals surface area contributed by atoms with Crippen LogP contribution in [0, 0.1) is 0 Å². The molecule has 0 aromatic heterocycles. The number of allylic oxidation sites excluding steroid dienone is 2. The Hall–Kier alpha value is -1.98. The molecule has 3 N–H and O–H groups in total. The molecule has 1 rings (SSSR count). The van der Waals surface area contributed by atoms with Crippen LogP contribution in [0.2, 0.25) is 0 Å². The van der Waals surface area contributed by atoms with Crippen molar-refractivity contribution in [3.05, 3.63) is 24.6 Å². The summed E-state index contributed by atoms with van der Waals surface area (Å²) in [6.07, 6.45) is 5.45. The summed E-state index contributed by atoms with van der Waals surface area (Å²) in [4.78, 5) is 18.4. The summed E-state index contributed by atoms with van der Waals surface area (Å²) in [6, 6.07) is 0. The van der Waals surface area contributed by atoms with Crippen LogP contribution >= 0.6 is 0 Å². The second-order valence-corrected chi connectivity index (χ2v) is 1.84. The molecular formula is C7H9NO5. The SMILES string of the molecule is C1=CNC=CC1.O=C(O)OC(=O)O. The van der Waals surface area contributed by atoms with E-state index in [4.69, 9.17) is 10.2 Å². The smallest absolute Gasteiger partial charge is 0.449 e. The maximum absolute atomic E-state index is 9.21. The molecular weight excluding hydrogens is 178 g/mol. The summed E-state index contributed by atoms with van der Waals surface area (Å²) < 4.78 is 3.08. The average molecular weight is 187 g/mol. The first-order valence-electron chi connectivity index (χ1n) is 3.32. The van der Waals surface area contributed by atoms with Gasteiger partial charge in [0.2, 0.25) is 0 Å². The number of dihydropyridines is 1. The minimum atomic E-state index is -1.81. The number of carbonyl (C=O) groups is 2. The molecule has 13 heavy (non-hydrogen) atoms. The number of hydrogen-bond donors (Lipinski definition) is 3. The molecule has 0 aliphatic carbocycles. The predicted octanol–water partition coefficient (Wildman–Crippen LogP) is 1.37. The van der Waals surface area contributed by atoms with Crippen molar-refractivity contribution in [3.8, 4) is 0 Å². The topological polar surface area (TPSA) is 95.9 Å². The minimum Gasteiger partial charge on any atom is -0.449 e. The number of hydrogen-bond acceptors (Lipinski definition) is 4. The van der Waals surface area contributed by atoms with E-state index < -0.39 is 12.3 Å². The summed E-state index contributed by atoms with van der Waals surface area (Å²) in [6.45, 7) is 0. The van der Waals surface area contributed by atoms with Crippen LogP contribution in [-0.2, 0) is 4.74 Å². The van der Waals surface area contributed by atoms with Gasteiger partial charge in [0.1, 0.15) is 0 Å². The molecule has 1 aliphatic rings. The van der Waals surface area contributed by atoms with Crippen molar-refractivity contribution < 1.29 is 24.5 Å². The van der Waals surface area contributed by atoms with E-state index in [1.807, 2.05) is 12.4 Å². The second kappa shape index (κ2) is 6.71. The number of carboxylic acid groups (broad SMARTS) is 2. The van der Waals surface area contributed by atoms with Gasteiger partial charge < -0.3 is 20.3 Å². The highest BCUT2D eigenvalue weighted by Gasteiger charge is 2.01. The maximum atomic E-state index is 9.21. The number of rotatable bonds is 0. The maximum Gasteiger partial charge on any atom is 0.516 e. The highest BCUT2D eigenvalue weighted by Crippen LogP contribution is 1.86. The van der Waals surface area contributed by atoms with Gasteiger partial charge in [-0.15, -0.1) is 0 Å². The average Bonchev–Trinajstić information content (AvgIpc) is 2.06. The molecule has 0 atom stereocenters. The van der Waals surface area contributed by atoms with E-state index in [-0.39, 0.29) is 0 Å². The first-order chi connectivity index (χ1) is 6.13. The van der Waals surface area contributed by atoms with Gasteiger partial charge in [-0.3, -0.25) is 0 Å². The number of nitrogens with one attached hydrogen (secondary N) is 1. The Morgan fingerprint density at radius 3 is 1.69 bits per heavy atom. The van der Waals surface area contributed by atoms with E-state index in [1.165, 1.54) is 0 Å². The Morgan fingerprint density at radius 2 is 1.62 bits per heavy atom. The molecule has 0 radical (unpaired) electrons. The highest BCUT2D eigenvalue weighted by atomic mass is 16.7. The normalized spacial score (nSPS) is 12.0. The van der Waals surface area contributed by atoms with E-state index in [9.17, 15) is 9.59 Å². The molecule has 0 saturated carbocycles. The summed E-state index contributed by atoms with van der Waals surface area (Å²) in [7, 11) is 0. The van der Waals surface area contributed by atoms with Crippen LogP contribution in [-0.4, -0.2) is 22.5 Å². The third-order valence-corrected chi connectivity index (χ3v) is 0.875. The van der Waals surface area contributed by atoms with Crippen LogP contribution in [0.1, 0.15) is 6.42 Å². The molecule has 0 fully saturated rings. The second-order valence-electron chi connectivity index (χ2n) is 1.84. The summed E-state index contributed by atoms with van der Waals surface area (Å²) in [5.74, 6) is 0. The molecule has 1 heterocycles. The zero-order valence-corrected chi connectivity index (χ0v) is 6.64. The van der Waals surface area contributed by atoms with Gasteiger partial charge in [-0.05, 0) is 18.8 Å². The lowest BCUT2D eigenvalue weighted by Crippen LogP contribution is -2.05. The number of ether oxygens (including phenoxy) is 1. The molecule has 0 saturated heterocycles. The zero-order valence-electron chi connectivity index (χ0n) is 6.64. The van der Waals surface area contributed by atoms with Crippen LogP contribution in [0.3, 0.4) is 0 Å². The minimum absolute atomic E-state index is 1.08. The molecule has 0 aromatic rings. The lowest BCUT2D eigenvalue weighted by atomic mass is 10.4. The van der Waals surface area contributed by atoms with E-state index in [0.29, 0.717) is 0 Å². The Labute approximate surface area is 74.1 Å².